The summed E-state index contributed by atoms with van der Waals surface area (Å²) in [5, 5.41) is -0.906. The van der Waals surface area contributed by atoms with Gasteiger partial charge >= 0.3 is 0 Å². The molecule has 0 unspecified atom stereocenters. The van der Waals surface area contributed by atoms with Gasteiger partial charge in [-0.3, -0.25) is 4.90 Å². The number of methoxy groups -OCH3 is 1. The van der Waals surface area contributed by atoms with Crippen LogP contribution in [0.3, 0.4) is 0 Å². The first kappa shape index (κ1) is 22.9. The highest BCUT2D eigenvalue weighted by molar-refractivity contribution is 7.92. The lowest BCUT2D eigenvalue weighted by atomic mass is 9.96. The van der Waals surface area contributed by atoms with Crippen molar-refractivity contribution in [3.05, 3.63) is 66.2 Å². The first-order valence-electron chi connectivity index (χ1n) is 11.2. The minimum Gasteiger partial charge on any atom is -0.379 e. The van der Waals surface area contributed by atoms with E-state index in [1.54, 1.807) is 37.4 Å². The van der Waals surface area contributed by atoms with Crippen molar-refractivity contribution in [2.45, 2.75) is 41.0 Å². The van der Waals surface area contributed by atoms with E-state index in [-0.39, 0.29) is 11.5 Å². The summed E-state index contributed by atoms with van der Waals surface area (Å²) < 4.78 is 58.0. The molecule has 3 aliphatic rings. The molecule has 0 bridgehead atoms. The normalized spacial score (nSPS) is 33.4. The molecule has 0 saturated carbocycles. The molecule has 0 N–H and O–H groups in total. The molecular weight excluding hydrogens is 446 g/mol. The maximum atomic E-state index is 14.1. The van der Waals surface area contributed by atoms with Crippen molar-refractivity contribution in [2.24, 2.45) is 0 Å². The molecular formula is C24H29NO7S. The fourth-order valence-electron chi connectivity index (χ4n) is 4.92. The average molecular weight is 476 g/mol. The van der Waals surface area contributed by atoms with Gasteiger partial charge in [0, 0.05) is 25.8 Å². The monoisotopic (exact) mass is 475 g/mol. The standard InChI is InChI=1S/C24H29NO7S/c1-28-24-20(25-12-14-29-15-13-25)22(33(26,27)18-10-6-3-7-11-18)21-19(31-24)16-30-23(32-21)17-8-4-2-5-9-17/h2-11,19-24H,12-16H2,1H3/t19-,20-,21-,22-,23-,24+/m1/s1. The van der Waals surface area contributed by atoms with Crippen molar-refractivity contribution in [3.8, 4) is 0 Å². The summed E-state index contributed by atoms with van der Waals surface area (Å²) in [6, 6.07) is 17.5. The van der Waals surface area contributed by atoms with Crippen LogP contribution in [-0.4, -0.2) is 83.1 Å². The number of hydrogen-bond donors (Lipinski definition) is 0. The fraction of sp³-hybridized carbons (Fsp3) is 0.500. The van der Waals surface area contributed by atoms with E-state index in [0.29, 0.717) is 26.3 Å². The lowest BCUT2D eigenvalue weighted by molar-refractivity contribution is -0.325. The SMILES string of the molecule is CO[C@H]1O[C@@H]2CO[C@@H](c3ccccc3)O[C@H]2[C@H](S(=O)(=O)c2ccccc2)[C@H]1N1CCOCC1. The number of benzene rings is 2. The van der Waals surface area contributed by atoms with Crippen LogP contribution in [0.2, 0.25) is 0 Å². The van der Waals surface area contributed by atoms with E-state index < -0.39 is 45.9 Å². The Kier molecular flexibility index (Phi) is 6.80. The summed E-state index contributed by atoms with van der Waals surface area (Å²) in [5.74, 6) is 0. The number of hydrogen-bond acceptors (Lipinski definition) is 8. The van der Waals surface area contributed by atoms with Crippen molar-refractivity contribution in [2.75, 3.05) is 40.0 Å². The summed E-state index contributed by atoms with van der Waals surface area (Å²) in [6.45, 7) is 2.43. The summed E-state index contributed by atoms with van der Waals surface area (Å²) in [6.07, 6.45) is -2.72. The van der Waals surface area contributed by atoms with E-state index in [1.165, 1.54) is 0 Å². The Morgan fingerprint density at radius 1 is 0.939 bits per heavy atom. The molecule has 0 spiro atoms. The van der Waals surface area contributed by atoms with Gasteiger partial charge in [0.2, 0.25) is 0 Å². The topological polar surface area (TPSA) is 83.5 Å². The molecule has 3 fully saturated rings. The first-order valence-corrected chi connectivity index (χ1v) is 12.8. The van der Waals surface area contributed by atoms with Crippen LogP contribution >= 0.6 is 0 Å². The summed E-state index contributed by atoms with van der Waals surface area (Å²) in [5.41, 5.74) is 0.837. The third kappa shape index (κ3) is 4.46. The van der Waals surface area contributed by atoms with Crippen LogP contribution in [-0.2, 0) is 33.5 Å². The third-order valence-corrected chi connectivity index (χ3v) is 8.70. The maximum Gasteiger partial charge on any atom is 0.185 e. The van der Waals surface area contributed by atoms with Crippen molar-refractivity contribution >= 4 is 9.84 Å². The van der Waals surface area contributed by atoms with Gasteiger partial charge in [0.05, 0.1) is 30.8 Å². The van der Waals surface area contributed by atoms with Gasteiger partial charge in [0.15, 0.2) is 22.4 Å². The zero-order valence-corrected chi connectivity index (χ0v) is 19.3. The van der Waals surface area contributed by atoms with Gasteiger partial charge < -0.3 is 23.7 Å². The molecule has 2 aromatic carbocycles. The Bertz CT molecular complexity index is 1010. The Balaban J connectivity index is 1.56. The number of morpholine rings is 1. The predicted molar refractivity (Wildman–Crippen MR) is 119 cm³/mol. The molecule has 178 valence electrons. The van der Waals surface area contributed by atoms with Gasteiger partial charge in [-0.15, -0.1) is 0 Å². The quantitative estimate of drug-likeness (QED) is 0.650. The van der Waals surface area contributed by atoms with E-state index in [4.69, 9.17) is 23.7 Å². The molecule has 0 aliphatic carbocycles. The average Bonchev–Trinajstić information content (AvgIpc) is 2.88. The molecule has 0 amide bonds. The molecule has 3 heterocycles. The van der Waals surface area contributed by atoms with Crippen LogP contribution in [0.4, 0.5) is 0 Å². The predicted octanol–water partition coefficient (Wildman–Crippen LogP) is 2.02. The van der Waals surface area contributed by atoms with Crippen molar-refractivity contribution < 1.29 is 32.1 Å². The van der Waals surface area contributed by atoms with E-state index >= 15 is 0 Å². The highest BCUT2D eigenvalue weighted by Gasteiger charge is 2.57. The van der Waals surface area contributed by atoms with Crippen LogP contribution < -0.4 is 0 Å². The van der Waals surface area contributed by atoms with E-state index in [1.807, 2.05) is 30.3 Å². The molecule has 3 saturated heterocycles. The highest BCUT2D eigenvalue weighted by Crippen LogP contribution is 2.40. The number of fused-ring (bicyclic) bond motifs is 1. The van der Waals surface area contributed by atoms with Gasteiger partial charge in [0.1, 0.15) is 17.5 Å². The molecule has 0 aromatic heterocycles. The largest absolute Gasteiger partial charge is 0.379 e. The smallest absolute Gasteiger partial charge is 0.185 e. The fourth-order valence-corrected chi connectivity index (χ4v) is 7.03. The Morgan fingerprint density at radius 2 is 1.61 bits per heavy atom. The zero-order chi connectivity index (χ0) is 22.8. The molecule has 6 atom stereocenters. The third-order valence-electron chi connectivity index (χ3n) is 6.51. The van der Waals surface area contributed by atoms with E-state index in [0.717, 1.165) is 5.56 Å². The van der Waals surface area contributed by atoms with Crippen LogP contribution in [0, 0.1) is 0 Å². The second kappa shape index (κ2) is 9.79. The van der Waals surface area contributed by atoms with Crippen molar-refractivity contribution in [1.29, 1.82) is 0 Å². The summed E-state index contributed by atoms with van der Waals surface area (Å²) >= 11 is 0. The van der Waals surface area contributed by atoms with Crippen LogP contribution in [0.1, 0.15) is 11.9 Å². The van der Waals surface area contributed by atoms with Crippen molar-refractivity contribution in [3.63, 3.8) is 0 Å². The van der Waals surface area contributed by atoms with Crippen LogP contribution in [0.15, 0.2) is 65.6 Å². The highest BCUT2D eigenvalue weighted by atomic mass is 32.2. The lowest BCUT2D eigenvalue weighted by Gasteiger charge is -2.52. The maximum absolute atomic E-state index is 14.1. The Labute approximate surface area is 194 Å². The van der Waals surface area contributed by atoms with Gasteiger partial charge in [-0.1, -0.05) is 48.5 Å². The second-order valence-electron chi connectivity index (χ2n) is 8.42. The Hall–Kier alpha value is -1.85. The lowest BCUT2D eigenvalue weighted by Crippen LogP contribution is -2.69. The molecule has 3 aliphatic heterocycles. The molecule has 2 aromatic rings. The number of sulfone groups is 1. The van der Waals surface area contributed by atoms with Crippen LogP contribution in [0.5, 0.6) is 0 Å². The molecule has 8 nitrogen and oxygen atoms in total. The number of ether oxygens (including phenoxy) is 5. The number of nitrogens with zero attached hydrogens (tertiary/aromatic N) is 1. The summed E-state index contributed by atoms with van der Waals surface area (Å²) in [7, 11) is -2.26. The first-order chi connectivity index (χ1) is 16.1. The number of rotatable bonds is 5. The van der Waals surface area contributed by atoms with Crippen LogP contribution in [0.25, 0.3) is 0 Å². The van der Waals surface area contributed by atoms with Gasteiger partial charge in [-0.25, -0.2) is 8.42 Å². The zero-order valence-electron chi connectivity index (χ0n) is 18.5. The molecule has 0 radical (unpaired) electrons. The van der Waals surface area contributed by atoms with E-state index in [2.05, 4.69) is 4.90 Å². The summed E-state index contributed by atoms with van der Waals surface area (Å²) in [4.78, 5) is 2.35. The minimum absolute atomic E-state index is 0.209. The molecule has 33 heavy (non-hydrogen) atoms. The molecule has 5 rings (SSSR count). The van der Waals surface area contributed by atoms with Gasteiger partial charge in [0.25, 0.3) is 0 Å². The van der Waals surface area contributed by atoms with Gasteiger partial charge in [-0.05, 0) is 12.1 Å². The van der Waals surface area contributed by atoms with Crippen molar-refractivity contribution in [1.82, 2.24) is 4.90 Å². The molecule has 9 heteroatoms. The minimum atomic E-state index is -3.80. The Morgan fingerprint density at radius 3 is 2.27 bits per heavy atom. The van der Waals surface area contributed by atoms with E-state index in [9.17, 15) is 8.42 Å². The van der Waals surface area contributed by atoms with Gasteiger partial charge in [-0.2, -0.15) is 0 Å². The second-order valence-corrected chi connectivity index (χ2v) is 10.5.